The number of nitrogen functional groups attached to an aromatic ring is 1. The summed E-state index contributed by atoms with van der Waals surface area (Å²) in [4.78, 5) is 1.16. The molecule has 0 aliphatic rings. The normalized spacial score (nSPS) is 11.2. The Kier molecular flexibility index (Phi) is 3.76. The number of benzene rings is 2. The van der Waals surface area contributed by atoms with E-state index < -0.39 is 0 Å². The molecular weight excluding hydrogens is 316 g/mol. The van der Waals surface area contributed by atoms with Gasteiger partial charge in [-0.1, -0.05) is 58.4 Å². The Balaban J connectivity index is 1.80. The maximum atomic E-state index is 5.64. The van der Waals surface area contributed by atoms with Gasteiger partial charge in [-0.3, -0.25) is 0 Å². The highest BCUT2D eigenvalue weighted by Crippen LogP contribution is 2.22. The van der Waals surface area contributed by atoms with Crippen molar-refractivity contribution in [1.29, 1.82) is 0 Å². The molecule has 2 aromatic heterocycles. The van der Waals surface area contributed by atoms with Crippen LogP contribution in [0.5, 0.6) is 0 Å². The third-order valence-electron chi connectivity index (χ3n) is 3.59. The third-order valence-corrected chi connectivity index (χ3v) is 3.59. The van der Waals surface area contributed by atoms with E-state index >= 15 is 0 Å². The van der Waals surface area contributed by atoms with Crippen LogP contribution in [0.3, 0.4) is 0 Å². The summed E-state index contributed by atoms with van der Waals surface area (Å²) >= 11 is 0. The first kappa shape index (κ1) is 14.8. The minimum absolute atomic E-state index is 0.118. The first-order valence-corrected chi connectivity index (χ1v) is 7.60. The number of aromatic nitrogens is 6. The van der Waals surface area contributed by atoms with Gasteiger partial charge in [-0.2, -0.15) is 10.2 Å². The molecule has 0 saturated carbocycles. The summed E-state index contributed by atoms with van der Waals surface area (Å²) in [6.07, 6.45) is 3.54. The molecule has 0 bridgehead atoms. The fraction of sp³-hybridized carbons (Fsp3) is 0. The summed E-state index contributed by atoms with van der Waals surface area (Å²) in [7, 11) is 0. The number of nitrogens with zero attached hydrogens (tertiary/aromatic N) is 7. The van der Waals surface area contributed by atoms with Crippen LogP contribution in [0.15, 0.2) is 72.0 Å². The molecular formula is C17H14N8. The van der Waals surface area contributed by atoms with Crippen molar-refractivity contribution < 1.29 is 0 Å². The molecule has 8 heteroatoms. The van der Waals surface area contributed by atoms with Gasteiger partial charge in [0.05, 0.1) is 11.9 Å². The smallest absolute Gasteiger partial charge is 0.263 e. The van der Waals surface area contributed by atoms with Crippen molar-refractivity contribution in [3.05, 3.63) is 72.4 Å². The number of nitrogens with two attached hydrogens (primary N) is 1. The SMILES string of the molecule is Nc1nnnn1/N=C\c1cn(-c2ccccc2)nc1-c1ccccc1. The van der Waals surface area contributed by atoms with Gasteiger partial charge in [0.15, 0.2) is 0 Å². The summed E-state index contributed by atoms with van der Waals surface area (Å²) in [5.41, 5.74) is 9.22. The molecule has 0 aliphatic heterocycles. The predicted octanol–water partition coefficient (Wildman–Crippen LogP) is 1.99. The topological polar surface area (TPSA) is 99.8 Å². The molecule has 0 aliphatic carbocycles. The lowest BCUT2D eigenvalue weighted by atomic mass is 10.1. The second-order valence-corrected chi connectivity index (χ2v) is 5.25. The molecule has 8 nitrogen and oxygen atoms in total. The maximum absolute atomic E-state index is 5.64. The zero-order chi connectivity index (χ0) is 17.1. The quantitative estimate of drug-likeness (QED) is 0.577. The molecule has 4 rings (SSSR count). The Morgan fingerprint density at radius 3 is 2.36 bits per heavy atom. The fourth-order valence-corrected chi connectivity index (χ4v) is 2.40. The van der Waals surface area contributed by atoms with Crippen LogP contribution in [0, 0.1) is 0 Å². The second kappa shape index (κ2) is 6.36. The third kappa shape index (κ3) is 3.00. The number of rotatable bonds is 4. The van der Waals surface area contributed by atoms with E-state index in [2.05, 4.69) is 20.6 Å². The van der Waals surface area contributed by atoms with E-state index in [0.717, 1.165) is 27.3 Å². The van der Waals surface area contributed by atoms with Crippen molar-refractivity contribution in [3.63, 3.8) is 0 Å². The van der Waals surface area contributed by atoms with Gasteiger partial charge in [0, 0.05) is 17.3 Å². The van der Waals surface area contributed by atoms with Crippen molar-refractivity contribution in [2.45, 2.75) is 0 Å². The fourth-order valence-electron chi connectivity index (χ4n) is 2.40. The molecule has 0 saturated heterocycles. The molecule has 2 N–H and O–H groups in total. The first-order chi connectivity index (χ1) is 12.3. The van der Waals surface area contributed by atoms with Crippen LogP contribution in [-0.2, 0) is 0 Å². The van der Waals surface area contributed by atoms with Crippen LogP contribution in [0.1, 0.15) is 5.56 Å². The zero-order valence-electron chi connectivity index (χ0n) is 13.1. The summed E-state index contributed by atoms with van der Waals surface area (Å²) < 4.78 is 1.81. The molecule has 2 heterocycles. The van der Waals surface area contributed by atoms with Gasteiger partial charge in [0.2, 0.25) is 0 Å². The Morgan fingerprint density at radius 1 is 0.960 bits per heavy atom. The Morgan fingerprint density at radius 2 is 1.68 bits per heavy atom. The van der Waals surface area contributed by atoms with Crippen molar-refractivity contribution >= 4 is 12.2 Å². The largest absolute Gasteiger partial charge is 0.365 e. The lowest BCUT2D eigenvalue weighted by molar-refractivity contribution is 0.700. The molecule has 4 aromatic rings. The minimum Gasteiger partial charge on any atom is -0.365 e. The average Bonchev–Trinajstić information content (AvgIpc) is 3.27. The van der Waals surface area contributed by atoms with E-state index in [1.165, 1.54) is 0 Å². The molecule has 0 unspecified atom stereocenters. The lowest BCUT2D eigenvalue weighted by Gasteiger charge is -2.00. The number of tetrazole rings is 1. The van der Waals surface area contributed by atoms with Crippen molar-refractivity contribution in [2.24, 2.45) is 5.10 Å². The van der Waals surface area contributed by atoms with E-state index in [1.807, 2.05) is 71.5 Å². The number of hydrogen-bond acceptors (Lipinski definition) is 6. The highest BCUT2D eigenvalue weighted by atomic mass is 15.7. The van der Waals surface area contributed by atoms with Crippen molar-refractivity contribution in [2.75, 3.05) is 5.73 Å². The summed E-state index contributed by atoms with van der Waals surface area (Å²) in [5.74, 6) is 0.118. The lowest BCUT2D eigenvalue weighted by Crippen LogP contribution is -1.99. The average molecular weight is 330 g/mol. The molecule has 25 heavy (non-hydrogen) atoms. The van der Waals surface area contributed by atoms with Gasteiger partial charge in [0.25, 0.3) is 5.95 Å². The minimum atomic E-state index is 0.118. The van der Waals surface area contributed by atoms with Gasteiger partial charge < -0.3 is 5.73 Å². The van der Waals surface area contributed by atoms with Crippen LogP contribution in [0.2, 0.25) is 0 Å². The number of para-hydroxylation sites is 1. The van der Waals surface area contributed by atoms with Crippen LogP contribution in [-0.4, -0.2) is 36.3 Å². The van der Waals surface area contributed by atoms with Crippen LogP contribution in [0.4, 0.5) is 5.95 Å². The predicted molar refractivity (Wildman–Crippen MR) is 94.2 cm³/mol. The maximum Gasteiger partial charge on any atom is 0.263 e. The number of hydrogen-bond donors (Lipinski definition) is 1. The second-order valence-electron chi connectivity index (χ2n) is 5.25. The summed E-state index contributed by atoms with van der Waals surface area (Å²) in [6.45, 7) is 0. The first-order valence-electron chi connectivity index (χ1n) is 7.60. The van der Waals surface area contributed by atoms with Gasteiger partial charge in [-0.25, -0.2) is 4.68 Å². The van der Waals surface area contributed by atoms with Gasteiger partial charge in [-0.05, 0) is 22.6 Å². The zero-order valence-corrected chi connectivity index (χ0v) is 13.1. The Hall–Kier alpha value is -3.81. The molecule has 0 spiro atoms. The van der Waals surface area contributed by atoms with Crippen LogP contribution >= 0.6 is 0 Å². The highest BCUT2D eigenvalue weighted by Gasteiger charge is 2.11. The van der Waals surface area contributed by atoms with E-state index in [1.54, 1.807) is 6.21 Å². The van der Waals surface area contributed by atoms with Gasteiger partial charge in [0.1, 0.15) is 5.69 Å². The summed E-state index contributed by atoms with van der Waals surface area (Å²) in [6, 6.07) is 19.8. The summed E-state index contributed by atoms with van der Waals surface area (Å²) in [5, 5.41) is 19.7. The molecule has 0 fully saturated rings. The molecule has 0 amide bonds. The molecule has 0 radical (unpaired) electrons. The number of anilines is 1. The monoisotopic (exact) mass is 330 g/mol. The van der Waals surface area contributed by atoms with E-state index in [-0.39, 0.29) is 5.95 Å². The van der Waals surface area contributed by atoms with Gasteiger partial charge in [-0.15, -0.1) is 0 Å². The highest BCUT2D eigenvalue weighted by molar-refractivity contribution is 5.88. The molecule has 2 aromatic carbocycles. The van der Waals surface area contributed by atoms with E-state index in [4.69, 9.17) is 10.8 Å². The van der Waals surface area contributed by atoms with E-state index in [9.17, 15) is 0 Å². The Bertz CT molecular complexity index is 1000. The van der Waals surface area contributed by atoms with Crippen molar-refractivity contribution in [1.82, 2.24) is 30.1 Å². The van der Waals surface area contributed by atoms with Crippen molar-refractivity contribution in [3.8, 4) is 16.9 Å². The Labute approximate surface area is 143 Å². The standard InChI is InChI=1S/C17H14N8/c18-17-20-22-23-25(17)19-11-14-12-24(15-9-5-2-6-10-15)21-16(14)13-7-3-1-4-8-13/h1-12H,(H2,18,20,23)/b19-11-. The van der Waals surface area contributed by atoms with Gasteiger partial charge >= 0.3 is 0 Å². The molecule has 0 atom stereocenters. The molecule has 122 valence electrons. The van der Waals surface area contributed by atoms with E-state index in [0.29, 0.717) is 0 Å². The van der Waals surface area contributed by atoms with Crippen LogP contribution < -0.4 is 5.73 Å². The van der Waals surface area contributed by atoms with Crippen LogP contribution in [0.25, 0.3) is 16.9 Å².